The van der Waals surface area contributed by atoms with Gasteiger partial charge in [0.25, 0.3) is 0 Å². The van der Waals surface area contributed by atoms with E-state index in [1.165, 1.54) is 0 Å². The van der Waals surface area contributed by atoms with Crippen LogP contribution in [-0.4, -0.2) is 19.0 Å². The molecule has 2 N–H and O–H groups in total. The molecule has 1 aliphatic rings. The predicted octanol–water partition coefficient (Wildman–Crippen LogP) is 2.04. The number of anilines is 1. The number of hydrogen-bond donors (Lipinski definition) is 2. The van der Waals surface area contributed by atoms with Crippen molar-refractivity contribution < 1.29 is 18.0 Å². The highest BCUT2D eigenvalue weighted by molar-refractivity contribution is 5.80. The maximum absolute atomic E-state index is 13.2. The van der Waals surface area contributed by atoms with Crippen LogP contribution in [0.1, 0.15) is 12.8 Å². The average Bonchev–Trinajstić information content (AvgIpc) is 3.16. The van der Waals surface area contributed by atoms with E-state index < -0.39 is 17.5 Å². The minimum atomic E-state index is -1.54. The topological polar surface area (TPSA) is 41.1 Å². The van der Waals surface area contributed by atoms with Gasteiger partial charge in [0.05, 0.1) is 12.2 Å². The van der Waals surface area contributed by atoms with Gasteiger partial charge in [-0.25, -0.2) is 13.2 Å². The molecular weight excluding hydrogens is 245 g/mol. The molecule has 6 heteroatoms. The second-order valence-corrected chi connectivity index (χ2v) is 4.32. The summed E-state index contributed by atoms with van der Waals surface area (Å²) in [4.78, 5) is 11.3. The van der Waals surface area contributed by atoms with Gasteiger partial charge in [-0.15, -0.1) is 0 Å². The van der Waals surface area contributed by atoms with Gasteiger partial charge >= 0.3 is 0 Å². The lowest BCUT2D eigenvalue weighted by Gasteiger charge is -2.08. The summed E-state index contributed by atoms with van der Waals surface area (Å²) in [7, 11) is 0. The summed E-state index contributed by atoms with van der Waals surface area (Å²) < 4.78 is 38.8. The molecule has 98 valence electrons. The first-order valence-corrected chi connectivity index (χ1v) is 5.72. The van der Waals surface area contributed by atoms with Gasteiger partial charge in [-0.2, -0.15) is 0 Å². The van der Waals surface area contributed by atoms with E-state index in [9.17, 15) is 18.0 Å². The standard InChI is InChI=1S/C12H13F3N2O/c13-8-3-4-9(12(15)11(8)14)16-6-10(18)17-5-7-1-2-7/h3-4,7,16H,1-2,5-6H2,(H,17,18). The van der Waals surface area contributed by atoms with Crippen LogP contribution in [-0.2, 0) is 4.79 Å². The molecule has 1 aromatic carbocycles. The minimum Gasteiger partial charge on any atom is -0.374 e. The third-order valence-corrected chi connectivity index (χ3v) is 2.76. The zero-order valence-electron chi connectivity index (χ0n) is 9.60. The molecular formula is C12H13F3N2O. The highest BCUT2D eigenvalue weighted by Crippen LogP contribution is 2.27. The fourth-order valence-corrected chi connectivity index (χ4v) is 1.48. The summed E-state index contributed by atoms with van der Waals surface area (Å²) in [5.74, 6) is -3.86. The zero-order valence-corrected chi connectivity index (χ0v) is 9.60. The van der Waals surface area contributed by atoms with E-state index >= 15 is 0 Å². The van der Waals surface area contributed by atoms with Gasteiger partial charge in [-0.05, 0) is 30.9 Å². The smallest absolute Gasteiger partial charge is 0.239 e. The van der Waals surface area contributed by atoms with Crippen LogP contribution in [0.25, 0.3) is 0 Å². The number of carbonyl (C=O) groups is 1. The normalized spacial score (nSPS) is 14.4. The number of benzene rings is 1. The molecule has 0 aromatic heterocycles. The van der Waals surface area contributed by atoms with E-state index in [0.29, 0.717) is 12.5 Å². The number of rotatable bonds is 5. The number of halogens is 3. The monoisotopic (exact) mass is 258 g/mol. The number of amides is 1. The third-order valence-electron chi connectivity index (χ3n) is 2.76. The van der Waals surface area contributed by atoms with Crippen LogP contribution in [0.4, 0.5) is 18.9 Å². The van der Waals surface area contributed by atoms with Crippen LogP contribution < -0.4 is 10.6 Å². The average molecular weight is 258 g/mol. The van der Waals surface area contributed by atoms with Crippen molar-refractivity contribution in [1.82, 2.24) is 5.32 Å². The Morgan fingerprint density at radius 2 is 1.94 bits per heavy atom. The van der Waals surface area contributed by atoms with Crippen LogP contribution in [0, 0.1) is 23.4 Å². The van der Waals surface area contributed by atoms with Crippen molar-refractivity contribution in [2.24, 2.45) is 5.92 Å². The Hall–Kier alpha value is -1.72. The van der Waals surface area contributed by atoms with Crippen molar-refractivity contribution in [2.45, 2.75) is 12.8 Å². The molecule has 2 rings (SSSR count). The van der Waals surface area contributed by atoms with Crippen molar-refractivity contribution >= 4 is 11.6 Å². The summed E-state index contributed by atoms with van der Waals surface area (Å²) in [5, 5.41) is 5.10. The summed E-state index contributed by atoms with van der Waals surface area (Å²) in [5.41, 5.74) is -0.226. The minimum absolute atomic E-state index is 0.172. The highest BCUT2D eigenvalue weighted by atomic mass is 19.2. The lowest BCUT2D eigenvalue weighted by molar-refractivity contribution is -0.119. The summed E-state index contributed by atoms with van der Waals surface area (Å²) in [6.07, 6.45) is 2.23. The third kappa shape index (κ3) is 3.15. The highest BCUT2D eigenvalue weighted by Gasteiger charge is 2.21. The Bertz CT molecular complexity index is 461. The first-order valence-electron chi connectivity index (χ1n) is 5.72. The molecule has 0 saturated heterocycles. The molecule has 0 atom stereocenters. The van der Waals surface area contributed by atoms with Crippen molar-refractivity contribution in [3.8, 4) is 0 Å². The molecule has 1 aromatic rings. The Balaban J connectivity index is 1.85. The Labute approximate surface area is 102 Å². The molecule has 1 fully saturated rings. The summed E-state index contributed by atoms with van der Waals surface area (Å²) in [6, 6.07) is 1.87. The van der Waals surface area contributed by atoms with Crippen molar-refractivity contribution in [3.05, 3.63) is 29.6 Å². The van der Waals surface area contributed by atoms with E-state index in [1.807, 2.05) is 0 Å². The molecule has 0 bridgehead atoms. The second kappa shape index (κ2) is 5.29. The molecule has 0 spiro atoms. The Kier molecular flexibility index (Phi) is 3.74. The van der Waals surface area contributed by atoms with Crippen molar-refractivity contribution in [2.75, 3.05) is 18.4 Å². The van der Waals surface area contributed by atoms with Gasteiger partial charge in [-0.3, -0.25) is 4.79 Å². The first-order chi connectivity index (χ1) is 8.58. The molecule has 0 radical (unpaired) electrons. The first kappa shape index (κ1) is 12.7. The lowest BCUT2D eigenvalue weighted by Crippen LogP contribution is -2.31. The molecule has 18 heavy (non-hydrogen) atoms. The molecule has 3 nitrogen and oxygen atoms in total. The fourth-order valence-electron chi connectivity index (χ4n) is 1.48. The van der Waals surface area contributed by atoms with Crippen molar-refractivity contribution in [3.63, 3.8) is 0 Å². The van der Waals surface area contributed by atoms with E-state index in [0.717, 1.165) is 25.0 Å². The SMILES string of the molecule is O=C(CNc1ccc(F)c(F)c1F)NCC1CC1. The van der Waals surface area contributed by atoms with Gasteiger partial charge in [0.2, 0.25) is 5.91 Å². The molecule has 0 unspecified atom stereocenters. The zero-order chi connectivity index (χ0) is 13.1. The molecule has 1 amide bonds. The van der Waals surface area contributed by atoms with Crippen LogP contribution in [0.5, 0.6) is 0 Å². The van der Waals surface area contributed by atoms with Gasteiger partial charge in [0, 0.05) is 6.54 Å². The lowest BCUT2D eigenvalue weighted by atomic mass is 10.2. The van der Waals surface area contributed by atoms with Gasteiger partial charge in [-0.1, -0.05) is 0 Å². The Morgan fingerprint density at radius 3 is 2.61 bits per heavy atom. The summed E-state index contributed by atoms with van der Waals surface area (Å²) >= 11 is 0. The Morgan fingerprint density at radius 1 is 1.22 bits per heavy atom. The van der Waals surface area contributed by atoms with Gasteiger partial charge < -0.3 is 10.6 Å². The maximum atomic E-state index is 13.2. The predicted molar refractivity (Wildman–Crippen MR) is 60.5 cm³/mol. The van der Waals surface area contributed by atoms with E-state index in [4.69, 9.17) is 0 Å². The quantitative estimate of drug-likeness (QED) is 0.793. The largest absolute Gasteiger partial charge is 0.374 e. The van der Waals surface area contributed by atoms with Crippen LogP contribution in [0.3, 0.4) is 0 Å². The number of nitrogens with one attached hydrogen (secondary N) is 2. The molecule has 1 aliphatic carbocycles. The maximum Gasteiger partial charge on any atom is 0.239 e. The fraction of sp³-hybridized carbons (Fsp3) is 0.417. The van der Waals surface area contributed by atoms with Crippen LogP contribution >= 0.6 is 0 Å². The van der Waals surface area contributed by atoms with E-state index in [-0.39, 0.29) is 18.1 Å². The van der Waals surface area contributed by atoms with E-state index in [1.54, 1.807) is 0 Å². The van der Waals surface area contributed by atoms with Gasteiger partial charge in [0.15, 0.2) is 17.5 Å². The van der Waals surface area contributed by atoms with Gasteiger partial charge in [0.1, 0.15) is 0 Å². The number of hydrogen-bond acceptors (Lipinski definition) is 2. The molecule has 0 heterocycles. The van der Waals surface area contributed by atoms with Crippen LogP contribution in [0.2, 0.25) is 0 Å². The van der Waals surface area contributed by atoms with Crippen molar-refractivity contribution in [1.29, 1.82) is 0 Å². The summed E-state index contributed by atoms with van der Waals surface area (Å²) in [6.45, 7) is 0.440. The van der Waals surface area contributed by atoms with Crippen LogP contribution in [0.15, 0.2) is 12.1 Å². The van der Waals surface area contributed by atoms with E-state index in [2.05, 4.69) is 10.6 Å². The number of carbonyl (C=O) groups excluding carboxylic acids is 1. The molecule has 0 aliphatic heterocycles. The second-order valence-electron chi connectivity index (χ2n) is 4.32. The molecule has 1 saturated carbocycles.